The van der Waals surface area contributed by atoms with Gasteiger partial charge in [-0.3, -0.25) is 9.59 Å². The lowest BCUT2D eigenvalue weighted by Crippen LogP contribution is -2.40. The Hall–Kier alpha value is -1.63. The van der Waals surface area contributed by atoms with E-state index in [9.17, 15) is 9.59 Å². The number of nitrogens with one attached hydrogen (secondary N) is 3. The maximum absolute atomic E-state index is 12.1. The summed E-state index contributed by atoms with van der Waals surface area (Å²) in [6.07, 6.45) is 0.244. The summed E-state index contributed by atoms with van der Waals surface area (Å²) in [6.45, 7) is 6.50. The predicted molar refractivity (Wildman–Crippen MR) is 92.3 cm³/mol. The average molecular weight is 342 g/mol. The number of benzene rings is 1. The van der Waals surface area contributed by atoms with Gasteiger partial charge in [-0.05, 0) is 37.6 Å². The highest BCUT2D eigenvalue weighted by atomic mass is 35.5. The summed E-state index contributed by atoms with van der Waals surface area (Å²) < 4.78 is 5.52. The SMILES string of the molecule is CCNC(=O)c1ccc(NC(=O)CC2CNCCO2)c(C)c1.Cl. The van der Waals surface area contributed by atoms with Gasteiger partial charge < -0.3 is 20.7 Å². The highest BCUT2D eigenvalue weighted by Crippen LogP contribution is 2.17. The number of ether oxygens (including phenoxy) is 1. The van der Waals surface area contributed by atoms with Crippen LogP contribution in [0.4, 0.5) is 5.69 Å². The number of carbonyl (C=O) groups is 2. The van der Waals surface area contributed by atoms with Crippen molar-refractivity contribution >= 4 is 29.9 Å². The molecule has 23 heavy (non-hydrogen) atoms. The molecule has 0 saturated carbocycles. The molecule has 1 aliphatic rings. The van der Waals surface area contributed by atoms with Crippen molar-refractivity contribution in [2.24, 2.45) is 0 Å². The maximum atomic E-state index is 12.1. The van der Waals surface area contributed by atoms with Crippen LogP contribution >= 0.6 is 12.4 Å². The average Bonchev–Trinajstić information content (AvgIpc) is 2.50. The number of anilines is 1. The fourth-order valence-corrected chi connectivity index (χ4v) is 2.37. The minimum Gasteiger partial charge on any atom is -0.375 e. The molecule has 1 fully saturated rings. The van der Waals surface area contributed by atoms with Crippen LogP contribution in [0.3, 0.4) is 0 Å². The number of hydrogen-bond acceptors (Lipinski definition) is 4. The minimum atomic E-state index is -0.106. The summed E-state index contributed by atoms with van der Waals surface area (Å²) in [4.78, 5) is 23.8. The van der Waals surface area contributed by atoms with Crippen molar-refractivity contribution in [3.8, 4) is 0 Å². The number of rotatable bonds is 5. The summed E-state index contributed by atoms with van der Waals surface area (Å²) in [5.41, 5.74) is 2.18. The van der Waals surface area contributed by atoms with Crippen LogP contribution in [0.25, 0.3) is 0 Å². The Morgan fingerprint density at radius 2 is 2.17 bits per heavy atom. The van der Waals surface area contributed by atoms with E-state index >= 15 is 0 Å². The van der Waals surface area contributed by atoms with Gasteiger partial charge in [0, 0.05) is 30.9 Å². The van der Waals surface area contributed by atoms with E-state index in [0.717, 1.165) is 17.8 Å². The third-order valence-electron chi connectivity index (χ3n) is 3.52. The molecule has 0 spiro atoms. The summed E-state index contributed by atoms with van der Waals surface area (Å²) in [7, 11) is 0. The molecule has 7 heteroatoms. The Morgan fingerprint density at radius 3 is 2.78 bits per heavy atom. The predicted octanol–water partition coefficient (Wildman–Crippen LogP) is 1.48. The zero-order chi connectivity index (χ0) is 15.9. The molecule has 2 amide bonds. The lowest BCUT2D eigenvalue weighted by molar-refractivity contribution is -0.119. The van der Waals surface area contributed by atoms with Gasteiger partial charge in [0.25, 0.3) is 5.91 Å². The van der Waals surface area contributed by atoms with E-state index in [4.69, 9.17) is 4.74 Å². The minimum absolute atomic E-state index is 0. The van der Waals surface area contributed by atoms with E-state index < -0.39 is 0 Å². The van der Waals surface area contributed by atoms with Crippen LogP contribution in [0, 0.1) is 6.92 Å². The molecular weight excluding hydrogens is 318 g/mol. The lowest BCUT2D eigenvalue weighted by Gasteiger charge is -2.23. The van der Waals surface area contributed by atoms with Gasteiger partial charge in [0.05, 0.1) is 19.1 Å². The number of amides is 2. The number of hydrogen-bond donors (Lipinski definition) is 3. The van der Waals surface area contributed by atoms with Crippen molar-refractivity contribution in [3.63, 3.8) is 0 Å². The maximum Gasteiger partial charge on any atom is 0.251 e. The molecule has 128 valence electrons. The standard InChI is InChI=1S/C16H23N3O3.ClH/c1-3-18-16(21)12-4-5-14(11(2)8-12)19-15(20)9-13-10-17-6-7-22-13;/h4-5,8,13,17H,3,6-7,9-10H2,1-2H3,(H,18,21)(H,19,20);1H. The van der Waals surface area contributed by atoms with Gasteiger partial charge in [-0.25, -0.2) is 0 Å². The van der Waals surface area contributed by atoms with Gasteiger partial charge in [0.1, 0.15) is 0 Å². The van der Waals surface area contributed by atoms with E-state index in [0.29, 0.717) is 31.7 Å². The van der Waals surface area contributed by atoms with Crippen LogP contribution in [-0.4, -0.2) is 44.2 Å². The van der Waals surface area contributed by atoms with Gasteiger partial charge in [-0.15, -0.1) is 12.4 Å². The van der Waals surface area contributed by atoms with Crippen LogP contribution in [0.15, 0.2) is 18.2 Å². The molecular formula is C16H24ClN3O3. The molecule has 6 nitrogen and oxygen atoms in total. The molecule has 1 aliphatic heterocycles. The second-order valence-electron chi connectivity index (χ2n) is 5.34. The highest BCUT2D eigenvalue weighted by molar-refractivity contribution is 5.96. The smallest absolute Gasteiger partial charge is 0.251 e. The van der Waals surface area contributed by atoms with Gasteiger partial charge in [0.15, 0.2) is 0 Å². The Balaban J connectivity index is 0.00000264. The normalized spacial score (nSPS) is 17.0. The molecule has 1 aromatic carbocycles. The van der Waals surface area contributed by atoms with Crippen molar-refractivity contribution in [3.05, 3.63) is 29.3 Å². The van der Waals surface area contributed by atoms with Crippen molar-refractivity contribution in [1.29, 1.82) is 0 Å². The molecule has 0 aromatic heterocycles. The van der Waals surface area contributed by atoms with Crippen LogP contribution in [0.1, 0.15) is 29.3 Å². The monoisotopic (exact) mass is 341 g/mol. The van der Waals surface area contributed by atoms with Gasteiger partial charge in [-0.2, -0.15) is 0 Å². The topological polar surface area (TPSA) is 79.5 Å². The zero-order valence-electron chi connectivity index (χ0n) is 13.5. The molecule has 0 aliphatic carbocycles. The zero-order valence-corrected chi connectivity index (χ0v) is 14.3. The van der Waals surface area contributed by atoms with Gasteiger partial charge in [-0.1, -0.05) is 0 Å². The van der Waals surface area contributed by atoms with Crippen LogP contribution in [0.2, 0.25) is 0 Å². The summed E-state index contributed by atoms with van der Waals surface area (Å²) in [5.74, 6) is -0.187. The lowest BCUT2D eigenvalue weighted by atomic mass is 10.1. The Kier molecular flexibility index (Phi) is 8.02. The second-order valence-corrected chi connectivity index (χ2v) is 5.34. The van der Waals surface area contributed by atoms with E-state index in [1.54, 1.807) is 18.2 Å². The molecule has 1 heterocycles. The largest absolute Gasteiger partial charge is 0.375 e. The van der Waals surface area contributed by atoms with Gasteiger partial charge >= 0.3 is 0 Å². The molecule has 1 aromatic rings. The van der Waals surface area contributed by atoms with Crippen molar-refractivity contribution < 1.29 is 14.3 Å². The first-order valence-electron chi connectivity index (χ1n) is 7.61. The first kappa shape index (κ1) is 19.4. The first-order valence-corrected chi connectivity index (χ1v) is 7.61. The van der Waals surface area contributed by atoms with E-state index in [1.165, 1.54) is 0 Å². The third kappa shape index (κ3) is 5.82. The quantitative estimate of drug-likeness (QED) is 0.758. The van der Waals surface area contributed by atoms with Crippen LogP contribution in [-0.2, 0) is 9.53 Å². The van der Waals surface area contributed by atoms with Crippen LogP contribution < -0.4 is 16.0 Å². The van der Waals surface area contributed by atoms with Crippen molar-refractivity contribution in [2.45, 2.75) is 26.4 Å². The Labute approximate surface area is 142 Å². The summed E-state index contributed by atoms with van der Waals surface area (Å²) in [6, 6.07) is 5.25. The first-order chi connectivity index (χ1) is 10.6. The molecule has 2 rings (SSSR count). The second kappa shape index (κ2) is 9.50. The van der Waals surface area contributed by atoms with E-state index in [-0.39, 0.29) is 30.3 Å². The van der Waals surface area contributed by atoms with Crippen molar-refractivity contribution in [1.82, 2.24) is 10.6 Å². The number of halogens is 1. The van der Waals surface area contributed by atoms with Crippen LogP contribution in [0.5, 0.6) is 0 Å². The number of morpholine rings is 1. The molecule has 1 unspecified atom stereocenters. The number of carbonyl (C=O) groups excluding carboxylic acids is 2. The van der Waals surface area contributed by atoms with Gasteiger partial charge in [0.2, 0.25) is 5.91 Å². The third-order valence-corrected chi connectivity index (χ3v) is 3.52. The Morgan fingerprint density at radius 1 is 1.39 bits per heavy atom. The molecule has 3 N–H and O–H groups in total. The van der Waals surface area contributed by atoms with E-state index in [2.05, 4.69) is 16.0 Å². The van der Waals surface area contributed by atoms with Crippen molar-refractivity contribution in [2.75, 3.05) is 31.6 Å². The van der Waals surface area contributed by atoms with E-state index in [1.807, 2.05) is 13.8 Å². The fraction of sp³-hybridized carbons (Fsp3) is 0.500. The highest BCUT2D eigenvalue weighted by Gasteiger charge is 2.18. The summed E-state index contributed by atoms with van der Waals surface area (Å²) in [5, 5.41) is 8.83. The number of aryl methyl sites for hydroxylation is 1. The molecule has 1 atom stereocenters. The molecule has 1 saturated heterocycles. The Bertz CT molecular complexity index is 545. The molecule has 0 bridgehead atoms. The molecule has 0 radical (unpaired) electrons. The summed E-state index contributed by atoms with van der Waals surface area (Å²) >= 11 is 0. The fourth-order valence-electron chi connectivity index (χ4n) is 2.37.